The van der Waals surface area contributed by atoms with E-state index in [0.717, 1.165) is 7.11 Å². The number of rotatable bonds is 3. The molecule has 0 saturated heterocycles. The fourth-order valence-electron chi connectivity index (χ4n) is 1.11. The zero-order valence-electron chi connectivity index (χ0n) is 9.17. The van der Waals surface area contributed by atoms with Crippen LogP contribution >= 0.6 is 22.6 Å². The molecule has 1 aromatic rings. The molecule has 1 rings (SSSR count). The Hall–Kier alpha value is -1.26. The lowest BCUT2D eigenvalue weighted by atomic mass is 10.2. The third-order valence-corrected chi connectivity index (χ3v) is 2.29. The second-order valence-electron chi connectivity index (χ2n) is 2.87. The van der Waals surface area contributed by atoms with Crippen LogP contribution in [0.3, 0.4) is 0 Å². The van der Waals surface area contributed by atoms with Crippen molar-refractivity contribution in [1.82, 2.24) is 4.98 Å². The maximum absolute atomic E-state index is 12.2. The quantitative estimate of drug-likeness (QED) is 0.460. The van der Waals surface area contributed by atoms with Crippen molar-refractivity contribution in [1.29, 1.82) is 0 Å². The molecule has 100 valence electrons. The van der Waals surface area contributed by atoms with E-state index in [-0.39, 0.29) is 9.45 Å². The first-order chi connectivity index (χ1) is 8.28. The molecule has 0 spiro atoms. The molecule has 0 fully saturated rings. The fourth-order valence-corrected chi connectivity index (χ4v) is 1.61. The number of pyridine rings is 1. The molecule has 1 aromatic heterocycles. The first-order valence-electron chi connectivity index (χ1n) is 4.37. The minimum atomic E-state index is -4.97. The second-order valence-corrected chi connectivity index (χ2v) is 3.97. The van der Waals surface area contributed by atoms with E-state index in [2.05, 4.69) is 14.5 Å². The summed E-state index contributed by atoms with van der Waals surface area (Å²) in [5.41, 5.74) is -0.516. The SMILES string of the molecule is COC(=O)c1c(OC)cc(I)nc1OC(F)(F)F. The van der Waals surface area contributed by atoms with Crippen LogP contribution in [0.4, 0.5) is 13.2 Å². The van der Waals surface area contributed by atoms with Gasteiger partial charge in [-0.15, -0.1) is 13.2 Å². The Balaban J connectivity index is 3.37. The van der Waals surface area contributed by atoms with Gasteiger partial charge in [-0.1, -0.05) is 0 Å². The number of hydrogen-bond acceptors (Lipinski definition) is 5. The van der Waals surface area contributed by atoms with Crippen molar-refractivity contribution in [2.24, 2.45) is 0 Å². The van der Waals surface area contributed by atoms with Crippen LogP contribution in [0.1, 0.15) is 10.4 Å². The van der Waals surface area contributed by atoms with E-state index in [1.807, 2.05) is 0 Å². The average Bonchev–Trinajstić information content (AvgIpc) is 2.25. The van der Waals surface area contributed by atoms with E-state index in [1.165, 1.54) is 13.2 Å². The summed E-state index contributed by atoms with van der Waals surface area (Å²) in [6.07, 6.45) is -4.97. The first-order valence-corrected chi connectivity index (χ1v) is 5.45. The summed E-state index contributed by atoms with van der Waals surface area (Å²) < 4.78 is 49.6. The normalized spacial score (nSPS) is 11.0. The Bertz CT molecular complexity index is 464. The highest BCUT2D eigenvalue weighted by atomic mass is 127. The molecule has 0 saturated carbocycles. The van der Waals surface area contributed by atoms with Gasteiger partial charge < -0.3 is 14.2 Å². The van der Waals surface area contributed by atoms with Crippen LogP contribution in [0.15, 0.2) is 6.07 Å². The molecular weight excluding hydrogens is 370 g/mol. The molecule has 5 nitrogen and oxygen atoms in total. The minimum absolute atomic E-state index is 0.111. The molecule has 0 amide bonds. The molecule has 0 N–H and O–H groups in total. The zero-order chi connectivity index (χ0) is 13.9. The van der Waals surface area contributed by atoms with Gasteiger partial charge in [0.1, 0.15) is 9.45 Å². The molecule has 0 aliphatic carbocycles. The fraction of sp³-hybridized carbons (Fsp3) is 0.333. The Morgan fingerprint density at radius 3 is 2.44 bits per heavy atom. The highest BCUT2D eigenvalue weighted by Gasteiger charge is 2.35. The van der Waals surface area contributed by atoms with Gasteiger partial charge >= 0.3 is 12.3 Å². The van der Waals surface area contributed by atoms with Crippen LogP contribution in [0.25, 0.3) is 0 Å². The maximum Gasteiger partial charge on any atom is 0.574 e. The van der Waals surface area contributed by atoms with Crippen LogP contribution in [0, 0.1) is 3.70 Å². The van der Waals surface area contributed by atoms with Gasteiger partial charge in [0.15, 0.2) is 5.56 Å². The van der Waals surface area contributed by atoms with E-state index >= 15 is 0 Å². The third-order valence-electron chi connectivity index (χ3n) is 1.74. The van der Waals surface area contributed by atoms with Crippen molar-refractivity contribution in [3.63, 3.8) is 0 Å². The summed E-state index contributed by atoms with van der Waals surface area (Å²) in [5, 5.41) is 0. The molecule has 0 bridgehead atoms. The molecule has 18 heavy (non-hydrogen) atoms. The van der Waals surface area contributed by atoms with Crippen LogP contribution < -0.4 is 9.47 Å². The van der Waals surface area contributed by atoms with E-state index < -0.39 is 23.8 Å². The molecule has 0 unspecified atom stereocenters. The molecule has 9 heteroatoms. The summed E-state index contributed by atoms with van der Waals surface area (Å²) >= 11 is 1.67. The number of nitrogens with zero attached hydrogens (tertiary/aromatic N) is 1. The van der Waals surface area contributed by atoms with Crippen LogP contribution in [0.2, 0.25) is 0 Å². The Kier molecular flexibility index (Phi) is 4.59. The molecule has 0 atom stereocenters. The van der Waals surface area contributed by atoms with Crippen molar-refractivity contribution >= 4 is 28.6 Å². The number of carbonyl (C=O) groups excluding carboxylic acids is 1. The van der Waals surface area contributed by atoms with Gasteiger partial charge in [-0.25, -0.2) is 9.78 Å². The van der Waals surface area contributed by atoms with Gasteiger partial charge in [0.2, 0.25) is 5.88 Å². The van der Waals surface area contributed by atoms with Crippen molar-refractivity contribution in [2.45, 2.75) is 6.36 Å². The van der Waals surface area contributed by atoms with E-state index in [1.54, 1.807) is 22.6 Å². The van der Waals surface area contributed by atoms with Gasteiger partial charge in [0.05, 0.1) is 14.2 Å². The molecule has 0 aliphatic rings. The molecule has 0 aliphatic heterocycles. The largest absolute Gasteiger partial charge is 0.574 e. The van der Waals surface area contributed by atoms with Gasteiger partial charge in [0.25, 0.3) is 0 Å². The molecule has 0 aromatic carbocycles. The van der Waals surface area contributed by atoms with Gasteiger partial charge in [-0.2, -0.15) is 0 Å². The number of hydrogen-bond donors (Lipinski definition) is 0. The molecule has 0 radical (unpaired) electrons. The summed E-state index contributed by atoms with van der Waals surface area (Å²) in [5.74, 6) is -2.05. The molecule has 1 heterocycles. The standard InChI is InChI=1S/C9H7F3INO4/c1-16-4-3-5(13)14-7(18-9(10,11)12)6(4)8(15)17-2/h3H,1-2H3. The number of methoxy groups -OCH3 is 2. The number of halogens is 4. The van der Waals surface area contributed by atoms with Crippen molar-refractivity contribution in [3.8, 4) is 11.6 Å². The summed E-state index contributed by atoms with van der Waals surface area (Å²) in [6.45, 7) is 0. The number of aromatic nitrogens is 1. The Morgan fingerprint density at radius 1 is 1.39 bits per heavy atom. The zero-order valence-corrected chi connectivity index (χ0v) is 11.3. The van der Waals surface area contributed by atoms with Crippen LogP contribution in [0.5, 0.6) is 11.6 Å². The van der Waals surface area contributed by atoms with E-state index in [4.69, 9.17) is 4.74 Å². The van der Waals surface area contributed by atoms with E-state index in [9.17, 15) is 18.0 Å². The highest BCUT2D eigenvalue weighted by molar-refractivity contribution is 14.1. The summed E-state index contributed by atoms with van der Waals surface area (Å²) in [6, 6.07) is 1.29. The lowest BCUT2D eigenvalue weighted by Gasteiger charge is -2.14. The van der Waals surface area contributed by atoms with Gasteiger partial charge in [-0.3, -0.25) is 0 Å². The Labute approximate surface area is 113 Å². The van der Waals surface area contributed by atoms with Gasteiger partial charge in [0, 0.05) is 6.07 Å². The lowest BCUT2D eigenvalue weighted by Crippen LogP contribution is -2.21. The number of ether oxygens (including phenoxy) is 3. The number of carbonyl (C=O) groups is 1. The topological polar surface area (TPSA) is 57.7 Å². The predicted octanol–water partition coefficient (Wildman–Crippen LogP) is 2.38. The van der Waals surface area contributed by atoms with Crippen molar-refractivity contribution < 1.29 is 32.2 Å². The van der Waals surface area contributed by atoms with Crippen molar-refractivity contribution in [2.75, 3.05) is 14.2 Å². The van der Waals surface area contributed by atoms with Crippen LogP contribution in [-0.2, 0) is 4.74 Å². The van der Waals surface area contributed by atoms with Crippen LogP contribution in [-0.4, -0.2) is 31.5 Å². The summed E-state index contributed by atoms with van der Waals surface area (Å²) in [4.78, 5) is 14.9. The van der Waals surface area contributed by atoms with Crippen molar-refractivity contribution in [3.05, 3.63) is 15.3 Å². The number of alkyl halides is 3. The second kappa shape index (κ2) is 5.59. The average molecular weight is 377 g/mol. The lowest BCUT2D eigenvalue weighted by molar-refractivity contribution is -0.276. The van der Waals surface area contributed by atoms with Gasteiger partial charge in [-0.05, 0) is 22.6 Å². The predicted molar refractivity (Wildman–Crippen MR) is 61.5 cm³/mol. The monoisotopic (exact) mass is 377 g/mol. The first kappa shape index (κ1) is 14.8. The molecular formula is C9H7F3INO4. The highest BCUT2D eigenvalue weighted by Crippen LogP contribution is 2.32. The third kappa shape index (κ3) is 3.62. The maximum atomic E-state index is 12.2. The van der Waals surface area contributed by atoms with E-state index in [0.29, 0.717) is 0 Å². The minimum Gasteiger partial charge on any atom is -0.496 e. The Morgan fingerprint density at radius 2 is 2.00 bits per heavy atom. The smallest absolute Gasteiger partial charge is 0.496 e. The summed E-state index contributed by atoms with van der Waals surface area (Å²) in [7, 11) is 2.23. The number of esters is 1.